The molecule has 5 rings (SSSR count). The number of hydrogen-bond donors (Lipinski definition) is 2. The molecule has 2 amide bonds. The van der Waals surface area contributed by atoms with Crippen molar-refractivity contribution in [3.05, 3.63) is 89.2 Å². The van der Waals surface area contributed by atoms with Gasteiger partial charge in [0.1, 0.15) is 0 Å². The van der Waals surface area contributed by atoms with Gasteiger partial charge >= 0.3 is 5.97 Å². The third-order valence-electron chi connectivity index (χ3n) is 7.61. The van der Waals surface area contributed by atoms with Crippen molar-refractivity contribution in [2.75, 3.05) is 5.32 Å². The highest BCUT2D eigenvalue weighted by atomic mass is 32.2. The van der Waals surface area contributed by atoms with Crippen molar-refractivity contribution in [2.24, 2.45) is 4.99 Å². The second-order valence-corrected chi connectivity index (χ2v) is 12.5. The molecule has 1 fully saturated rings. The first-order valence-electron chi connectivity index (χ1n) is 13.0. The zero-order valence-electron chi connectivity index (χ0n) is 23.0. The minimum absolute atomic E-state index is 0.0260. The second kappa shape index (κ2) is 9.93. The summed E-state index contributed by atoms with van der Waals surface area (Å²) in [6.45, 7) is 7.90. The average Bonchev–Trinajstić information content (AvgIpc) is 3.46. The molecule has 10 nitrogen and oxygen atoms in total. The molecule has 0 aliphatic carbocycles. The third kappa shape index (κ3) is 5.14. The zero-order chi connectivity index (χ0) is 29.7. The first-order chi connectivity index (χ1) is 19.2. The maximum Gasteiger partial charge on any atom is 0.363 e. The van der Waals surface area contributed by atoms with Crippen molar-refractivity contribution >= 4 is 45.0 Å². The van der Waals surface area contributed by atoms with E-state index in [9.17, 15) is 27.4 Å². The molecule has 212 valence electrons. The minimum Gasteiger partial charge on any atom is -0.358 e. The smallest absolute Gasteiger partial charge is 0.358 e. The van der Waals surface area contributed by atoms with Gasteiger partial charge in [0.15, 0.2) is 0 Å². The van der Waals surface area contributed by atoms with Gasteiger partial charge in [-0.3, -0.25) is 19.1 Å². The lowest BCUT2D eigenvalue weighted by Crippen LogP contribution is -2.32. The van der Waals surface area contributed by atoms with Crippen LogP contribution < -0.4 is 5.32 Å². The number of amides is 2. The lowest BCUT2D eigenvalue weighted by Gasteiger charge is -2.21. The van der Waals surface area contributed by atoms with E-state index < -0.39 is 38.7 Å². The van der Waals surface area contributed by atoms with Gasteiger partial charge in [0, 0.05) is 35.1 Å². The van der Waals surface area contributed by atoms with Crippen molar-refractivity contribution in [3.8, 4) is 0 Å². The Labute approximate surface area is 237 Å². The Morgan fingerprint density at radius 3 is 2.37 bits per heavy atom. The van der Waals surface area contributed by atoms with Crippen LogP contribution in [0.25, 0.3) is 0 Å². The highest BCUT2D eigenvalue weighted by molar-refractivity contribution is 7.85. The van der Waals surface area contributed by atoms with E-state index in [4.69, 9.17) is 9.83 Å². The molecule has 11 heteroatoms. The van der Waals surface area contributed by atoms with E-state index in [0.29, 0.717) is 10.8 Å². The Hall–Kier alpha value is -4.35. The van der Waals surface area contributed by atoms with E-state index in [0.717, 1.165) is 28.2 Å². The quantitative estimate of drug-likeness (QED) is 0.281. The number of anilines is 1. The highest BCUT2D eigenvalue weighted by Gasteiger charge is 2.37. The van der Waals surface area contributed by atoms with E-state index in [1.807, 2.05) is 58.1 Å². The molecule has 0 spiro atoms. The molecule has 0 radical (unpaired) electrons. The van der Waals surface area contributed by atoms with Crippen molar-refractivity contribution in [1.29, 1.82) is 0 Å². The summed E-state index contributed by atoms with van der Waals surface area (Å²) >= 11 is 0. The van der Waals surface area contributed by atoms with Crippen LogP contribution in [0.5, 0.6) is 0 Å². The average molecular weight is 576 g/mol. The summed E-state index contributed by atoms with van der Waals surface area (Å²) in [4.78, 5) is 45.9. The fourth-order valence-electron chi connectivity index (χ4n) is 5.08. The van der Waals surface area contributed by atoms with E-state index in [-0.39, 0.29) is 23.3 Å². The number of imide groups is 1. The number of fused-ring (bicyclic) bond motifs is 2. The van der Waals surface area contributed by atoms with Crippen LogP contribution in [0.3, 0.4) is 0 Å². The standard InChI is InChI=1S/C30H29N3O7S/c1-29(2)20-16-18(28(36)40-33-26(34)14-15-27(33)35)10-12-22(20)31-24(29)8-6-5-7-9-25-30(3,4)21-17-19(41(37,38)39)11-13-23(21)32-25/h5-13,16-17,32H,14-15H2,1-4H3,(H,37,38,39)/b7-5+,8-6+,25-9-. The predicted molar refractivity (Wildman–Crippen MR) is 152 cm³/mol. The summed E-state index contributed by atoms with van der Waals surface area (Å²) in [5.41, 5.74) is 3.92. The molecule has 3 aliphatic heterocycles. The fourth-order valence-corrected chi connectivity index (χ4v) is 5.58. The molecule has 2 aromatic rings. The van der Waals surface area contributed by atoms with Gasteiger partial charge in [0.2, 0.25) is 0 Å². The topological polar surface area (TPSA) is 142 Å². The molecule has 1 saturated heterocycles. The number of carbonyl (C=O) groups is 3. The third-order valence-corrected chi connectivity index (χ3v) is 8.46. The van der Waals surface area contributed by atoms with Crippen LogP contribution in [0.4, 0.5) is 11.4 Å². The summed E-state index contributed by atoms with van der Waals surface area (Å²) < 4.78 is 32.6. The number of rotatable bonds is 6. The predicted octanol–water partition coefficient (Wildman–Crippen LogP) is 4.92. The molecule has 0 bridgehead atoms. The van der Waals surface area contributed by atoms with Crippen molar-refractivity contribution in [2.45, 2.75) is 56.3 Å². The van der Waals surface area contributed by atoms with Crippen LogP contribution >= 0.6 is 0 Å². The van der Waals surface area contributed by atoms with Gasteiger partial charge in [-0.2, -0.15) is 8.42 Å². The maximum absolute atomic E-state index is 12.6. The molecule has 0 atom stereocenters. The van der Waals surface area contributed by atoms with E-state index >= 15 is 0 Å². The number of aliphatic imine (C=N–C) groups is 1. The van der Waals surface area contributed by atoms with Crippen LogP contribution in [0.2, 0.25) is 0 Å². The van der Waals surface area contributed by atoms with Gasteiger partial charge in [-0.05, 0) is 59.7 Å². The molecular weight excluding hydrogens is 546 g/mol. The first kappa shape index (κ1) is 28.2. The van der Waals surface area contributed by atoms with Gasteiger partial charge in [-0.15, -0.1) is 5.06 Å². The Balaban J connectivity index is 1.28. The number of nitrogens with zero attached hydrogens (tertiary/aromatic N) is 2. The number of nitrogens with one attached hydrogen (secondary N) is 1. The molecule has 2 N–H and O–H groups in total. The number of carbonyl (C=O) groups excluding carboxylic acids is 3. The number of allylic oxidation sites excluding steroid dienone is 6. The van der Waals surface area contributed by atoms with E-state index in [2.05, 4.69) is 5.32 Å². The lowest BCUT2D eigenvalue weighted by atomic mass is 9.81. The highest BCUT2D eigenvalue weighted by Crippen LogP contribution is 2.44. The summed E-state index contributed by atoms with van der Waals surface area (Å²) in [5, 5.41) is 3.84. The Bertz CT molecular complexity index is 1710. The van der Waals surface area contributed by atoms with Gasteiger partial charge < -0.3 is 10.2 Å². The normalized spacial score (nSPS) is 20.1. The molecule has 3 heterocycles. The minimum atomic E-state index is -4.30. The molecular formula is C30H29N3O7S. The molecule has 3 aliphatic rings. The van der Waals surface area contributed by atoms with Gasteiger partial charge in [0.05, 0.1) is 21.9 Å². The Kier molecular flexibility index (Phi) is 6.83. The van der Waals surface area contributed by atoms with Crippen molar-refractivity contribution < 1.29 is 32.2 Å². The molecule has 0 aromatic heterocycles. The molecule has 41 heavy (non-hydrogen) atoms. The largest absolute Gasteiger partial charge is 0.363 e. The fraction of sp³-hybridized carbons (Fsp3) is 0.267. The van der Waals surface area contributed by atoms with Crippen LogP contribution in [0.15, 0.2) is 82.4 Å². The first-order valence-corrected chi connectivity index (χ1v) is 14.4. The molecule has 0 saturated carbocycles. The van der Waals surface area contributed by atoms with Crippen molar-refractivity contribution in [1.82, 2.24) is 5.06 Å². The summed E-state index contributed by atoms with van der Waals surface area (Å²) in [7, 11) is -4.30. The number of benzene rings is 2. The summed E-state index contributed by atoms with van der Waals surface area (Å²) in [6, 6.07) is 9.42. The summed E-state index contributed by atoms with van der Waals surface area (Å²) in [5.74, 6) is -1.85. The number of hydroxylamine groups is 2. The van der Waals surface area contributed by atoms with Gasteiger partial charge in [0.25, 0.3) is 21.9 Å². The van der Waals surface area contributed by atoms with Crippen LogP contribution in [0.1, 0.15) is 62.0 Å². The zero-order valence-corrected chi connectivity index (χ0v) is 23.8. The Morgan fingerprint density at radius 2 is 1.68 bits per heavy atom. The lowest BCUT2D eigenvalue weighted by molar-refractivity contribution is -0.172. The molecule has 2 aromatic carbocycles. The van der Waals surface area contributed by atoms with E-state index in [1.165, 1.54) is 12.1 Å². The molecule has 0 unspecified atom stereocenters. The van der Waals surface area contributed by atoms with Gasteiger partial charge in [-0.1, -0.05) is 45.9 Å². The van der Waals surface area contributed by atoms with E-state index in [1.54, 1.807) is 24.3 Å². The number of hydrogen-bond acceptors (Lipinski definition) is 8. The van der Waals surface area contributed by atoms with Crippen molar-refractivity contribution in [3.63, 3.8) is 0 Å². The second-order valence-electron chi connectivity index (χ2n) is 11.1. The SMILES string of the molecule is CC1(C)C(/C=C/C=C/C=C2\Nc3ccc(S(=O)(=O)O)cc3C2(C)C)=Nc2ccc(C(=O)ON3C(=O)CCC3=O)cc21. The van der Waals surface area contributed by atoms with Gasteiger partial charge in [-0.25, -0.2) is 4.79 Å². The maximum atomic E-state index is 12.6. The van der Waals surface area contributed by atoms with Crippen LogP contribution in [-0.2, 0) is 35.4 Å². The van der Waals surface area contributed by atoms with Crippen LogP contribution in [-0.4, -0.2) is 41.5 Å². The monoisotopic (exact) mass is 575 g/mol. The Morgan fingerprint density at radius 1 is 0.976 bits per heavy atom. The van der Waals surface area contributed by atoms with Crippen LogP contribution in [0, 0.1) is 0 Å². The summed E-state index contributed by atoms with van der Waals surface area (Å²) in [6.07, 6.45) is 9.41.